The minimum Gasteiger partial charge on any atom is -0.507 e. The molecule has 2 aromatic rings. The van der Waals surface area contributed by atoms with E-state index in [1.165, 1.54) is 0 Å². The van der Waals surface area contributed by atoms with Gasteiger partial charge in [0.05, 0.1) is 11.6 Å². The Hall–Kier alpha value is -2.36. The first-order chi connectivity index (χ1) is 9.08. The third-order valence-electron chi connectivity index (χ3n) is 2.93. The van der Waals surface area contributed by atoms with Crippen molar-refractivity contribution >= 4 is 5.91 Å². The fourth-order valence-electron chi connectivity index (χ4n) is 1.82. The van der Waals surface area contributed by atoms with Crippen LogP contribution >= 0.6 is 0 Å². The van der Waals surface area contributed by atoms with Crippen molar-refractivity contribution in [3.8, 4) is 5.75 Å². The van der Waals surface area contributed by atoms with Crippen molar-refractivity contribution in [3.63, 3.8) is 0 Å². The molecule has 0 radical (unpaired) electrons. The van der Waals surface area contributed by atoms with E-state index in [0.717, 1.165) is 11.1 Å². The van der Waals surface area contributed by atoms with Crippen LogP contribution in [0.4, 0.5) is 0 Å². The molecule has 1 heterocycles. The van der Waals surface area contributed by atoms with Crippen molar-refractivity contribution in [1.29, 1.82) is 0 Å². The van der Waals surface area contributed by atoms with Gasteiger partial charge in [-0.2, -0.15) is 0 Å². The molecule has 0 aliphatic heterocycles. The second-order valence-corrected chi connectivity index (χ2v) is 4.50. The summed E-state index contributed by atoms with van der Waals surface area (Å²) in [7, 11) is 0. The lowest BCUT2D eigenvalue weighted by atomic mass is 10.1. The maximum atomic E-state index is 12.1. The molecule has 4 nitrogen and oxygen atoms in total. The first-order valence-corrected chi connectivity index (χ1v) is 6.08. The number of aryl methyl sites for hydroxylation is 1. The molecule has 1 aromatic heterocycles. The topological polar surface area (TPSA) is 62.2 Å². The van der Waals surface area contributed by atoms with Gasteiger partial charge >= 0.3 is 0 Å². The van der Waals surface area contributed by atoms with E-state index in [-0.39, 0.29) is 23.3 Å². The van der Waals surface area contributed by atoms with Crippen LogP contribution in [0.15, 0.2) is 42.7 Å². The fraction of sp³-hybridized carbons (Fsp3) is 0.200. The van der Waals surface area contributed by atoms with Crippen molar-refractivity contribution in [3.05, 3.63) is 59.4 Å². The summed E-state index contributed by atoms with van der Waals surface area (Å²) in [6.07, 6.45) is 3.39. The van der Waals surface area contributed by atoms with Crippen LogP contribution in [0, 0.1) is 6.92 Å². The summed E-state index contributed by atoms with van der Waals surface area (Å²) in [4.78, 5) is 16.1. The Morgan fingerprint density at radius 1 is 1.37 bits per heavy atom. The lowest BCUT2D eigenvalue weighted by Gasteiger charge is -2.14. The van der Waals surface area contributed by atoms with Crippen LogP contribution < -0.4 is 5.32 Å². The number of rotatable bonds is 3. The number of benzene rings is 1. The fourth-order valence-corrected chi connectivity index (χ4v) is 1.82. The van der Waals surface area contributed by atoms with Crippen LogP contribution in [-0.2, 0) is 0 Å². The molecule has 0 saturated carbocycles. The SMILES string of the molecule is Cc1ccc(C(=O)NC(C)c2cccnc2)c(O)c1. The Morgan fingerprint density at radius 2 is 2.16 bits per heavy atom. The molecule has 0 aliphatic rings. The summed E-state index contributed by atoms with van der Waals surface area (Å²) >= 11 is 0. The molecule has 1 atom stereocenters. The van der Waals surface area contributed by atoms with E-state index in [1.807, 2.05) is 26.0 Å². The molecule has 1 aromatic carbocycles. The Kier molecular flexibility index (Phi) is 3.80. The predicted octanol–water partition coefficient (Wildman–Crippen LogP) is 2.59. The standard InChI is InChI=1S/C15H16N2O2/c1-10-5-6-13(14(18)8-10)15(19)17-11(2)12-4-3-7-16-9-12/h3-9,11,18H,1-2H3,(H,17,19). The predicted molar refractivity (Wildman–Crippen MR) is 73.0 cm³/mol. The van der Waals surface area contributed by atoms with E-state index in [0.29, 0.717) is 0 Å². The molecule has 0 aliphatic carbocycles. The van der Waals surface area contributed by atoms with E-state index < -0.39 is 0 Å². The summed E-state index contributed by atoms with van der Waals surface area (Å²) in [6, 6.07) is 8.54. The number of amides is 1. The third kappa shape index (κ3) is 3.10. The highest BCUT2D eigenvalue weighted by molar-refractivity contribution is 5.97. The summed E-state index contributed by atoms with van der Waals surface area (Å²) in [5.41, 5.74) is 2.11. The number of aromatic hydroxyl groups is 1. The Balaban J connectivity index is 2.13. The first kappa shape index (κ1) is 13.1. The minimum absolute atomic E-state index is 0.00381. The van der Waals surface area contributed by atoms with Crippen molar-refractivity contribution in [2.24, 2.45) is 0 Å². The van der Waals surface area contributed by atoms with Gasteiger partial charge < -0.3 is 10.4 Å². The van der Waals surface area contributed by atoms with Gasteiger partial charge in [-0.1, -0.05) is 12.1 Å². The number of phenolic OH excluding ortho intramolecular Hbond substituents is 1. The minimum atomic E-state index is -0.297. The number of phenols is 1. The highest BCUT2D eigenvalue weighted by atomic mass is 16.3. The lowest BCUT2D eigenvalue weighted by Crippen LogP contribution is -2.26. The number of hydrogen-bond acceptors (Lipinski definition) is 3. The van der Waals surface area contributed by atoms with Crippen LogP contribution in [0.2, 0.25) is 0 Å². The number of pyridine rings is 1. The van der Waals surface area contributed by atoms with Gasteiger partial charge in [0.2, 0.25) is 0 Å². The van der Waals surface area contributed by atoms with Crippen molar-refractivity contribution in [2.45, 2.75) is 19.9 Å². The lowest BCUT2D eigenvalue weighted by molar-refractivity contribution is 0.0937. The quantitative estimate of drug-likeness (QED) is 0.887. The van der Waals surface area contributed by atoms with E-state index in [1.54, 1.807) is 30.6 Å². The van der Waals surface area contributed by atoms with Crippen molar-refractivity contribution in [2.75, 3.05) is 0 Å². The van der Waals surface area contributed by atoms with Gasteiger partial charge in [-0.15, -0.1) is 0 Å². The summed E-state index contributed by atoms with van der Waals surface area (Å²) in [5.74, 6) is -0.301. The number of nitrogens with zero attached hydrogens (tertiary/aromatic N) is 1. The molecule has 0 saturated heterocycles. The van der Waals surface area contributed by atoms with Gasteiger partial charge in [0.1, 0.15) is 5.75 Å². The zero-order valence-corrected chi connectivity index (χ0v) is 10.9. The maximum absolute atomic E-state index is 12.1. The molecular formula is C15H16N2O2. The summed E-state index contributed by atoms with van der Waals surface area (Å²) < 4.78 is 0. The van der Waals surface area contributed by atoms with E-state index >= 15 is 0 Å². The van der Waals surface area contributed by atoms with Gasteiger partial charge in [0.15, 0.2) is 0 Å². The van der Waals surface area contributed by atoms with Crippen molar-refractivity contribution < 1.29 is 9.90 Å². The van der Waals surface area contributed by atoms with Crippen LogP contribution in [0.25, 0.3) is 0 Å². The molecule has 0 bridgehead atoms. The normalized spacial score (nSPS) is 11.9. The van der Waals surface area contributed by atoms with E-state index in [2.05, 4.69) is 10.3 Å². The van der Waals surface area contributed by atoms with Gasteiger partial charge in [-0.3, -0.25) is 9.78 Å². The number of carbonyl (C=O) groups excluding carboxylic acids is 1. The van der Waals surface area contributed by atoms with Crippen LogP contribution in [0.5, 0.6) is 5.75 Å². The average Bonchev–Trinajstić information content (AvgIpc) is 2.39. The van der Waals surface area contributed by atoms with Crippen LogP contribution in [0.1, 0.15) is 34.5 Å². The Labute approximate surface area is 112 Å². The number of aromatic nitrogens is 1. The van der Waals surface area contributed by atoms with Crippen LogP contribution in [0.3, 0.4) is 0 Å². The molecule has 2 rings (SSSR count). The molecule has 1 unspecified atom stereocenters. The second-order valence-electron chi connectivity index (χ2n) is 4.50. The molecule has 2 N–H and O–H groups in total. The Bertz CT molecular complexity index is 582. The highest BCUT2D eigenvalue weighted by Crippen LogP contribution is 2.19. The molecule has 19 heavy (non-hydrogen) atoms. The smallest absolute Gasteiger partial charge is 0.255 e. The Morgan fingerprint density at radius 3 is 2.79 bits per heavy atom. The van der Waals surface area contributed by atoms with Crippen LogP contribution in [-0.4, -0.2) is 16.0 Å². The molecule has 0 fully saturated rings. The molecule has 98 valence electrons. The maximum Gasteiger partial charge on any atom is 0.255 e. The van der Waals surface area contributed by atoms with Gasteiger partial charge in [-0.05, 0) is 43.2 Å². The zero-order valence-electron chi connectivity index (χ0n) is 10.9. The molecular weight excluding hydrogens is 240 g/mol. The monoisotopic (exact) mass is 256 g/mol. The summed E-state index contributed by atoms with van der Waals surface area (Å²) in [6.45, 7) is 3.74. The summed E-state index contributed by atoms with van der Waals surface area (Å²) in [5, 5.41) is 12.6. The van der Waals surface area contributed by atoms with E-state index in [4.69, 9.17) is 0 Å². The molecule has 4 heteroatoms. The van der Waals surface area contributed by atoms with Crippen molar-refractivity contribution in [1.82, 2.24) is 10.3 Å². The number of carbonyl (C=O) groups is 1. The van der Waals surface area contributed by atoms with Gasteiger partial charge in [-0.25, -0.2) is 0 Å². The largest absolute Gasteiger partial charge is 0.507 e. The average molecular weight is 256 g/mol. The number of nitrogens with one attached hydrogen (secondary N) is 1. The first-order valence-electron chi connectivity index (χ1n) is 6.08. The zero-order chi connectivity index (χ0) is 13.8. The van der Waals surface area contributed by atoms with E-state index in [9.17, 15) is 9.90 Å². The van der Waals surface area contributed by atoms with Gasteiger partial charge in [0, 0.05) is 12.4 Å². The van der Waals surface area contributed by atoms with Gasteiger partial charge in [0.25, 0.3) is 5.91 Å². The third-order valence-corrected chi connectivity index (χ3v) is 2.93. The molecule has 0 spiro atoms. The highest BCUT2D eigenvalue weighted by Gasteiger charge is 2.14. The second kappa shape index (κ2) is 5.52. The number of hydrogen-bond donors (Lipinski definition) is 2. The molecule has 1 amide bonds.